The van der Waals surface area contributed by atoms with E-state index in [1.54, 1.807) is 26.4 Å². The number of aromatic nitrogens is 1. The average Bonchev–Trinajstić information content (AvgIpc) is 2.79. The lowest BCUT2D eigenvalue weighted by Crippen LogP contribution is -2.19. The minimum atomic E-state index is -0.368. The number of nitrogens with zero attached hydrogens (tertiary/aromatic N) is 1. The van der Waals surface area contributed by atoms with Crippen molar-refractivity contribution in [2.75, 3.05) is 24.9 Å². The molecule has 1 heterocycles. The summed E-state index contributed by atoms with van der Waals surface area (Å²) in [4.78, 5) is 17.3. The van der Waals surface area contributed by atoms with Gasteiger partial charge in [-0.2, -0.15) is 0 Å². The number of carbonyl (C=O) groups is 1. The van der Waals surface area contributed by atoms with E-state index in [9.17, 15) is 4.79 Å². The lowest BCUT2D eigenvalue weighted by molar-refractivity contribution is 0.262. The van der Waals surface area contributed by atoms with Gasteiger partial charge in [-0.05, 0) is 37.3 Å². The predicted octanol–water partition coefficient (Wildman–Crippen LogP) is 5.87. The van der Waals surface area contributed by atoms with Crippen LogP contribution in [0.25, 0.3) is 22.2 Å². The molecule has 0 fully saturated rings. The highest BCUT2D eigenvalue weighted by atomic mass is 16.5. The Morgan fingerprint density at radius 3 is 2.32 bits per heavy atom. The molecule has 0 aliphatic rings. The molecule has 2 N–H and O–H groups in total. The number of hydrogen-bond acceptors (Lipinski definition) is 4. The smallest absolute Gasteiger partial charge is 0.323 e. The molecule has 0 aliphatic carbocycles. The zero-order valence-corrected chi connectivity index (χ0v) is 17.6. The summed E-state index contributed by atoms with van der Waals surface area (Å²) in [7, 11) is 3.19. The van der Waals surface area contributed by atoms with Gasteiger partial charge in [0.25, 0.3) is 0 Å². The number of urea groups is 1. The normalized spacial score (nSPS) is 10.5. The van der Waals surface area contributed by atoms with Gasteiger partial charge in [0.05, 0.1) is 31.1 Å². The molecule has 0 saturated heterocycles. The Bertz CT molecular complexity index is 1240. The van der Waals surface area contributed by atoms with Crippen molar-refractivity contribution in [3.63, 3.8) is 0 Å². The molecule has 0 unspecified atom stereocenters. The summed E-state index contributed by atoms with van der Waals surface area (Å²) in [5.74, 6) is 1.28. The number of rotatable bonds is 5. The van der Waals surface area contributed by atoms with Gasteiger partial charge in [0.15, 0.2) is 0 Å². The lowest BCUT2D eigenvalue weighted by Gasteiger charge is -2.13. The van der Waals surface area contributed by atoms with Crippen LogP contribution in [-0.2, 0) is 0 Å². The van der Waals surface area contributed by atoms with Crippen molar-refractivity contribution in [3.8, 4) is 22.8 Å². The topological polar surface area (TPSA) is 72.5 Å². The Labute approximate surface area is 180 Å². The molecule has 156 valence electrons. The second-order valence-electron chi connectivity index (χ2n) is 7.09. The molecular weight excluding hydrogens is 390 g/mol. The molecule has 6 heteroatoms. The van der Waals surface area contributed by atoms with Crippen LogP contribution in [-0.4, -0.2) is 25.2 Å². The number of anilines is 2. The molecule has 2 amide bonds. The predicted molar refractivity (Wildman–Crippen MR) is 124 cm³/mol. The van der Waals surface area contributed by atoms with Crippen LogP contribution in [0.3, 0.4) is 0 Å². The molecule has 0 bridgehead atoms. The highest BCUT2D eigenvalue weighted by Crippen LogP contribution is 2.32. The highest BCUT2D eigenvalue weighted by molar-refractivity contribution is 6.02. The van der Waals surface area contributed by atoms with Gasteiger partial charge in [0.2, 0.25) is 0 Å². The fraction of sp³-hybridized carbons (Fsp3) is 0.120. The first-order chi connectivity index (χ1) is 15.1. The van der Waals surface area contributed by atoms with Crippen LogP contribution in [0.2, 0.25) is 0 Å². The highest BCUT2D eigenvalue weighted by Gasteiger charge is 2.11. The molecular formula is C25H23N3O3. The molecule has 31 heavy (non-hydrogen) atoms. The first kappa shape index (κ1) is 20.2. The summed E-state index contributed by atoms with van der Waals surface area (Å²) in [6.45, 7) is 2.05. The number of benzene rings is 3. The van der Waals surface area contributed by atoms with Gasteiger partial charge in [-0.1, -0.05) is 42.0 Å². The van der Waals surface area contributed by atoms with Gasteiger partial charge < -0.3 is 20.1 Å². The maximum absolute atomic E-state index is 12.5. The van der Waals surface area contributed by atoms with E-state index in [-0.39, 0.29) is 6.03 Å². The molecule has 3 aromatic carbocycles. The van der Waals surface area contributed by atoms with Crippen molar-refractivity contribution in [2.45, 2.75) is 6.92 Å². The average molecular weight is 413 g/mol. The Morgan fingerprint density at radius 1 is 0.839 bits per heavy atom. The second-order valence-corrected chi connectivity index (χ2v) is 7.09. The third-order valence-electron chi connectivity index (χ3n) is 4.95. The molecule has 0 spiro atoms. The van der Waals surface area contributed by atoms with Crippen LogP contribution in [0.4, 0.5) is 16.2 Å². The maximum Gasteiger partial charge on any atom is 0.323 e. The van der Waals surface area contributed by atoms with Crippen LogP contribution in [0.5, 0.6) is 11.5 Å². The third-order valence-corrected chi connectivity index (χ3v) is 4.95. The van der Waals surface area contributed by atoms with Gasteiger partial charge in [-0.3, -0.25) is 0 Å². The van der Waals surface area contributed by atoms with Gasteiger partial charge in [0, 0.05) is 22.7 Å². The summed E-state index contributed by atoms with van der Waals surface area (Å²) in [6.07, 6.45) is 0. The number of ether oxygens (including phenoxy) is 2. The SMILES string of the molecule is COc1ccccc1NC(=O)Nc1ccc2nc(-c3ccc(C)cc3)cc(OC)c2c1. The third kappa shape index (κ3) is 4.43. The van der Waals surface area contributed by atoms with Crippen molar-refractivity contribution in [2.24, 2.45) is 0 Å². The summed E-state index contributed by atoms with van der Waals surface area (Å²) in [5.41, 5.74) is 5.04. The number of amides is 2. The summed E-state index contributed by atoms with van der Waals surface area (Å²) >= 11 is 0. The van der Waals surface area contributed by atoms with E-state index >= 15 is 0 Å². The fourth-order valence-electron chi connectivity index (χ4n) is 3.35. The number of carbonyl (C=O) groups excluding carboxylic acids is 1. The molecule has 6 nitrogen and oxygen atoms in total. The number of aryl methyl sites for hydroxylation is 1. The van der Waals surface area contributed by atoms with Crippen molar-refractivity contribution in [1.82, 2.24) is 4.98 Å². The number of fused-ring (bicyclic) bond motifs is 1. The van der Waals surface area contributed by atoms with Crippen molar-refractivity contribution >= 4 is 28.3 Å². The van der Waals surface area contributed by atoms with Gasteiger partial charge in [-0.25, -0.2) is 9.78 Å². The Hall–Kier alpha value is -4.06. The van der Waals surface area contributed by atoms with Gasteiger partial charge in [0.1, 0.15) is 11.5 Å². The van der Waals surface area contributed by atoms with E-state index in [1.807, 2.05) is 48.5 Å². The molecule has 0 atom stereocenters. The molecule has 0 saturated carbocycles. The zero-order valence-electron chi connectivity index (χ0n) is 17.6. The van der Waals surface area contributed by atoms with Crippen LogP contribution >= 0.6 is 0 Å². The number of pyridine rings is 1. The maximum atomic E-state index is 12.5. The Kier molecular flexibility index (Phi) is 5.71. The summed E-state index contributed by atoms with van der Waals surface area (Å²) in [5, 5.41) is 6.46. The Morgan fingerprint density at radius 2 is 1.58 bits per heavy atom. The van der Waals surface area contributed by atoms with Crippen LogP contribution in [0.15, 0.2) is 72.8 Å². The number of para-hydroxylation sites is 2. The van der Waals surface area contributed by atoms with E-state index in [0.717, 1.165) is 22.2 Å². The van der Waals surface area contributed by atoms with E-state index in [0.29, 0.717) is 22.9 Å². The minimum absolute atomic E-state index is 0.368. The van der Waals surface area contributed by atoms with Crippen molar-refractivity contribution < 1.29 is 14.3 Å². The zero-order chi connectivity index (χ0) is 21.8. The van der Waals surface area contributed by atoms with Crippen LogP contribution in [0, 0.1) is 6.92 Å². The van der Waals surface area contributed by atoms with Gasteiger partial charge in [-0.15, -0.1) is 0 Å². The van der Waals surface area contributed by atoms with Crippen molar-refractivity contribution in [3.05, 3.63) is 78.4 Å². The van der Waals surface area contributed by atoms with E-state index < -0.39 is 0 Å². The minimum Gasteiger partial charge on any atom is -0.496 e. The van der Waals surface area contributed by atoms with Crippen LogP contribution in [0.1, 0.15) is 5.56 Å². The first-order valence-electron chi connectivity index (χ1n) is 9.84. The van der Waals surface area contributed by atoms with Gasteiger partial charge >= 0.3 is 6.03 Å². The number of methoxy groups -OCH3 is 2. The standard InChI is InChI=1S/C25H23N3O3/c1-16-8-10-17(11-9-16)22-15-24(31-3)19-14-18(12-13-20(19)27-22)26-25(29)28-21-6-4-5-7-23(21)30-2/h4-15H,1-3H3,(H2,26,28,29). The Balaban J connectivity index is 1.61. The molecule has 4 aromatic rings. The molecule has 0 aliphatic heterocycles. The largest absolute Gasteiger partial charge is 0.496 e. The van der Waals surface area contributed by atoms with E-state index in [4.69, 9.17) is 14.5 Å². The fourth-order valence-corrected chi connectivity index (χ4v) is 3.35. The van der Waals surface area contributed by atoms with Crippen LogP contribution < -0.4 is 20.1 Å². The quantitative estimate of drug-likeness (QED) is 0.429. The molecule has 1 aromatic heterocycles. The lowest BCUT2D eigenvalue weighted by atomic mass is 10.1. The molecule has 4 rings (SSSR count). The van der Waals surface area contributed by atoms with E-state index in [1.165, 1.54) is 5.56 Å². The summed E-state index contributed by atoms with van der Waals surface area (Å²) in [6, 6.07) is 22.5. The summed E-state index contributed by atoms with van der Waals surface area (Å²) < 4.78 is 10.9. The van der Waals surface area contributed by atoms with Crippen molar-refractivity contribution in [1.29, 1.82) is 0 Å². The van der Waals surface area contributed by atoms with E-state index in [2.05, 4.69) is 29.7 Å². The monoisotopic (exact) mass is 413 g/mol. The molecule has 0 radical (unpaired) electrons. The number of nitrogens with one attached hydrogen (secondary N) is 2. The number of hydrogen-bond donors (Lipinski definition) is 2. The second kappa shape index (κ2) is 8.75. The first-order valence-corrected chi connectivity index (χ1v) is 9.84.